The van der Waals surface area contributed by atoms with Gasteiger partial charge in [-0.2, -0.15) is 0 Å². The molecule has 2 aliphatic rings. The van der Waals surface area contributed by atoms with Crippen LogP contribution >= 0.6 is 24.8 Å². The molecule has 2 N–H and O–H groups in total. The highest BCUT2D eigenvalue weighted by Gasteiger charge is 2.26. The Kier molecular flexibility index (Phi) is 10.6. The van der Waals surface area contributed by atoms with Gasteiger partial charge in [0.05, 0.1) is 25.4 Å². The summed E-state index contributed by atoms with van der Waals surface area (Å²) in [6.45, 7) is 10.6. The second-order valence-corrected chi connectivity index (χ2v) is 6.16. The fourth-order valence-corrected chi connectivity index (χ4v) is 2.71. The van der Waals surface area contributed by atoms with E-state index in [0.29, 0.717) is 19.6 Å². The third kappa shape index (κ3) is 7.94. The van der Waals surface area contributed by atoms with Crippen molar-refractivity contribution in [3.63, 3.8) is 0 Å². The van der Waals surface area contributed by atoms with E-state index in [4.69, 9.17) is 9.47 Å². The number of amides is 1. The predicted molar refractivity (Wildman–Crippen MR) is 91.2 cm³/mol. The van der Waals surface area contributed by atoms with E-state index in [0.717, 1.165) is 39.4 Å². The average Bonchev–Trinajstić information content (AvgIpc) is 2.38. The van der Waals surface area contributed by atoms with Gasteiger partial charge in [-0.05, 0) is 13.8 Å². The molecule has 0 aliphatic carbocycles. The van der Waals surface area contributed by atoms with Gasteiger partial charge in [0.2, 0.25) is 5.91 Å². The Hall–Kier alpha value is -0.110. The van der Waals surface area contributed by atoms with E-state index in [1.807, 2.05) is 0 Å². The van der Waals surface area contributed by atoms with Crippen molar-refractivity contribution in [1.82, 2.24) is 15.5 Å². The van der Waals surface area contributed by atoms with Crippen LogP contribution in [0, 0.1) is 0 Å². The molecule has 0 aromatic carbocycles. The number of hydrogen-bond acceptors (Lipinski definition) is 5. The molecule has 1 amide bonds. The van der Waals surface area contributed by atoms with Gasteiger partial charge in [0, 0.05) is 45.2 Å². The molecule has 8 heteroatoms. The van der Waals surface area contributed by atoms with Gasteiger partial charge in [-0.1, -0.05) is 0 Å². The predicted octanol–water partition coefficient (Wildman–Crippen LogP) is 0.436. The van der Waals surface area contributed by atoms with Gasteiger partial charge in [0.1, 0.15) is 0 Å². The van der Waals surface area contributed by atoms with E-state index < -0.39 is 0 Å². The van der Waals surface area contributed by atoms with E-state index in [2.05, 4.69) is 29.4 Å². The van der Waals surface area contributed by atoms with Gasteiger partial charge >= 0.3 is 0 Å². The maximum atomic E-state index is 11.8. The Morgan fingerprint density at radius 3 is 2.77 bits per heavy atom. The topological polar surface area (TPSA) is 62.8 Å². The fraction of sp³-hybridized carbons (Fsp3) is 0.929. The lowest BCUT2D eigenvalue weighted by Gasteiger charge is -2.38. The van der Waals surface area contributed by atoms with E-state index in [-0.39, 0.29) is 42.4 Å². The molecule has 2 fully saturated rings. The van der Waals surface area contributed by atoms with E-state index in [1.165, 1.54) is 0 Å². The Morgan fingerprint density at radius 2 is 2.14 bits per heavy atom. The largest absolute Gasteiger partial charge is 0.378 e. The smallest absolute Gasteiger partial charge is 0.221 e. The third-order valence-electron chi connectivity index (χ3n) is 3.69. The molecule has 22 heavy (non-hydrogen) atoms. The number of carbonyl (C=O) groups excluding carboxylic acids is 1. The summed E-state index contributed by atoms with van der Waals surface area (Å²) >= 11 is 0. The van der Waals surface area contributed by atoms with Crippen LogP contribution in [0.2, 0.25) is 0 Å². The molecule has 1 unspecified atom stereocenters. The van der Waals surface area contributed by atoms with Crippen LogP contribution in [-0.4, -0.2) is 75.0 Å². The van der Waals surface area contributed by atoms with Crippen molar-refractivity contribution < 1.29 is 14.3 Å². The summed E-state index contributed by atoms with van der Waals surface area (Å²) in [4.78, 5) is 14.2. The zero-order valence-corrected chi connectivity index (χ0v) is 15.1. The molecule has 2 saturated heterocycles. The average molecular weight is 358 g/mol. The van der Waals surface area contributed by atoms with Gasteiger partial charge in [-0.15, -0.1) is 24.8 Å². The summed E-state index contributed by atoms with van der Waals surface area (Å²) < 4.78 is 11.0. The molecule has 2 rings (SSSR count). The molecule has 132 valence electrons. The van der Waals surface area contributed by atoms with E-state index >= 15 is 0 Å². The molecule has 0 spiro atoms. The van der Waals surface area contributed by atoms with Crippen molar-refractivity contribution in [3.05, 3.63) is 0 Å². The molecule has 0 saturated carbocycles. The molecule has 0 aromatic rings. The first kappa shape index (κ1) is 21.9. The van der Waals surface area contributed by atoms with Crippen LogP contribution in [0.25, 0.3) is 0 Å². The number of halogens is 2. The van der Waals surface area contributed by atoms with E-state index in [1.54, 1.807) is 0 Å². The van der Waals surface area contributed by atoms with Crippen LogP contribution < -0.4 is 10.6 Å². The normalized spacial score (nSPS) is 24.7. The summed E-state index contributed by atoms with van der Waals surface area (Å²) in [5, 5.41) is 6.28. The molecular weight excluding hydrogens is 329 g/mol. The Balaban J connectivity index is 0.00000220. The van der Waals surface area contributed by atoms with Crippen LogP contribution in [0.5, 0.6) is 0 Å². The first-order valence-corrected chi connectivity index (χ1v) is 7.49. The minimum Gasteiger partial charge on any atom is -0.378 e. The summed E-state index contributed by atoms with van der Waals surface area (Å²) in [5.74, 6) is 0.0977. The zero-order valence-electron chi connectivity index (χ0n) is 13.4. The third-order valence-corrected chi connectivity index (χ3v) is 3.69. The van der Waals surface area contributed by atoms with E-state index in [9.17, 15) is 4.79 Å². The van der Waals surface area contributed by atoms with Crippen LogP contribution in [0.1, 0.15) is 20.3 Å². The van der Waals surface area contributed by atoms with Crippen LogP contribution in [-0.2, 0) is 14.3 Å². The highest BCUT2D eigenvalue weighted by molar-refractivity contribution is 5.85. The fourth-order valence-electron chi connectivity index (χ4n) is 2.71. The molecule has 2 aliphatic heterocycles. The standard InChI is InChI=1S/C14H27N3O3.2ClH/c1-14(2)11-17(6-8-20-14)5-3-16-13(18)9-12-10-19-7-4-15-12;;/h12,15H,3-11H2,1-2H3,(H,16,18);2*1H. The summed E-state index contributed by atoms with van der Waals surface area (Å²) in [5.41, 5.74) is -0.0778. The van der Waals surface area contributed by atoms with Gasteiger partial charge in [0.25, 0.3) is 0 Å². The van der Waals surface area contributed by atoms with Gasteiger partial charge in [0.15, 0.2) is 0 Å². The Bertz CT molecular complexity index is 326. The molecular formula is C14H29Cl2N3O3. The second-order valence-electron chi connectivity index (χ2n) is 6.16. The maximum Gasteiger partial charge on any atom is 0.221 e. The highest BCUT2D eigenvalue weighted by atomic mass is 35.5. The monoisotopic (exact) mass is 357 g/mol. The highest BCUT2D eigenvalue weighted by Crippen LogP contribution is 2.15. The summed E-state index contributed by atoms with van der Waals surface area (Å²) in [7, 11) is 0. The first-order valence-electron chi connectivity index (χ1n) is 7.49. The number of hydrogen-bond donors (Lipinski definition) is 2. The molecule has 0 aromatic heterocycles. The molecule has 6 nitrogen and oxygen atoms in total. The number of ether oxygens (including phenoxy) is 2. The molecule has 0 radical (unpaired) electrons. The van der Waals surface area contributed by atoms with Gasteiger partial charge in [-0.25, -0.2) is 0 Å². The zero-order chi connectivity index (χ0) is 14.4. The van der Waals surface area contributed by atoms with Gasteiger partial charge in [-0.3, -0.25) is 9.69 Å². The number of morpholine rings is 2. The van der Waals surface area contributed by atoms with Crippen molar-refractivity contribution in [2.45, 2.75) is 31.9 Å². The van der Waals surface area contributed by atoms with Crippen molar-refractivity contribution >= 4 is 30.7 Å². The number of nitrogens with one attached hydrogen (secondary N) is 2. The minimum atomic E-state index is -0.0778. The van der Waals surface area contributed by atoms with Crippen LogP contribution in [0.4, 0.5) is 0 Å². The maximum absolute atomic E-state index is 11.8. The summed E-state index contributed by atoms with van der Waals surface area (Å²) in [6.07, 6.45) is 0.495. The SMILES string of the molecule is CC1(C)CN(CCNC(=O)CC2COCCN2)CCO1.Cl.Cl. The summed E-state index contributed by atoms with van der Waals surface area (Å²) in [6, 6.07) is 0.158. The lowest BCUT2D eigenvalue weighted by atomic mass is 10.1. The van der Waals surface area contributed by atoms with Crippen molar-refractivity contribution in [2.75, 3.05) is 52.5 Å². The van der Waals surface area contributed by atoms with Crippen molar-refractivity contribution in [1.29, 1.82) is 0 Å². The Labute approximate surface area is 145 Å². The second kappa shape index (κ2) is 10.6. The quantitative estimate of drug-likeness (QED) is 0.747. The molecule has 1 atom stereocenters. The number of nitrogens with zero attached hydrogens (tertiary/aromatic N) is 1. The number of rotatable bonds is 5. The van der Waals surface area contributed by atoms with Crippen molar-refractivity contribution in [2.24, 2.45) is 0 Å². The lowest BCUT2D eigenvalue weighted by molar-refractivity contribution is -0.122. The van der Waals surface area contributed by atoms with Crippen LogP contribution in [0.15, 0.2) is 0 Å². The van der Waals surface area contributed by atoms with Crippen molar-refractivity contribution in [3.8, 4) is 0 Å². The number of carbonyl (C=O) groups is 1. The Morgan fingerprint density at radius 1 is 1.36 bits per heavy atom. The van der Waals surface area contributed by atoms with Gasteiger partial charge < -0.3 is 20.1 Å². The molecule has 0 bridgehead atoms. The van der Waals surface area contributed by atoms with Crippen LogP contribution in [0.3, 0.4) is 0 Å². The lowest BCUT2D eigenvalue weighted by Crippen LogP contribution is -2.50. The minimum absolute atomic E-state index is 0. The first-order chi connectivity index (χ1) is 9.55. The molecule has 2 heterocycles.